The van der Waals surface area contributed by atoms with Gasteiger partial charge in [-0.2, -0.15) is 0 Å². The van der Waals surface area contributed by atoms with Crippen molar-refractivity contribution in [3.05, 3.63) is 24.3 Å². The minimum Gasteiger partial charge on any atom is -0.465 e. The van der Waals surface area contributed by atoms with Crippen LogP contribution in [0.15, 0.2) is 24.3 Å². The summed E-state index contributed by atoms with van der Waals surface area (Å²) in [5.41, 5.74) is 0. The van der Waals surface area contributed by atoms with Gasteiger partial charge < -0.3 is 9.47 Å². The molecular formula is C58H108O5. The maximum atomic E-state index is 13.0. The number of Topliss-reactive ketones (excluding diaryl/α,β-unsaturated/α-hetero) is 1. The fourth-order valence-corrected chi connectivity index (χ4v) is 8.53. The lowest BCUT2D eigenvalue weighted by Gasteiger charge is -2.17. The molecule has 0 aromatic heterocycles. The van der Waals surface area contributed by atoms with Crippen molar-refractivity contribution in [1.29, 1.82) is 0 Å². The van der Waals surface area contributed by atoms with Gasteiger partial charge in [-0.15, -0.1) is 0 Å². The van der Waals surface area contributed by atoms with Crippen molar-refractivity contribution in [1.82, 2.24) is 0 Å². The second-order valence-electron chi connectivity index (χ2n) is 19.3. The third kappa shape index (κ3) is 50.9. The van der Waals surface area contributed by atoms with Crippen LogP contribution in [0.5, 0.6) is 0 Å². The van der Waals surface area contributed by atoms with Crippen LogP contribution in [0, 0.1) is 5.92 Å². The minimum atomic E-state index is -0.274. The first kappa shape index (κ1) is 61.1. The summed E-state index contributed by atoms with van der Waals surface area (Å²) >= 11 is 0. The molecule has 0 aromatic rings. The van der Waals surface area contributed by atoms with Gasteiger partial charge in [0.25, 0.3) is 0 Å². The van der Waals surface area contributed by atoms with Crippen molar-refractivity contribution >= 4 is 17.7 Å². The molecule has 0 aliphatic heterocycles. The van der Waals surface area contributed by atoms with Gasteiger partial charge in [0.15, 0.2) is 0 Å². The molecule has 0 rings (SSSR count). The number of carbonyl (C=O) groups is 3. The third-order valence-electron chi connectivity index (χ3n) is 12.8. The molecule has 1 atom stereocenters. The number of ketones is 1. The number of unbranched alkanes of at least 4 members (excludes halogenated alkanes) is 36. The van der Waals surface area contributed by atoms with Crippen molar-refractivity contribution in [2.24, 2.45) is 5.92 Å². The normalized spacial score (nSPS) is 12.2. The van der Waals surface area contributed by atoms with Crippen LogP contribution in [0.1, 0.15) is 310 Å². The second-order valence-corrected chi connectivity index (χ2v) is 19.3. The molecule has 370 valence electrons. The molecule has 0 aliphatic carbocycles. The summed E-state index contributed by atoms with van der Waals surface area (Å²) in [6.45, 7) is 7.11. The van der Waals surface area contributed by atoms with Gasteiger partial charge in [-0.1, -0.05) is 238 Å². The van der Waals surface area contributed by atoms with E-state index in [9.17, 15) is 14.4 Å². The van der Waals surface area contributed by atoms with E-state index in [1.165, 1.54) is 199 Å². The Kier molecular flexibility index (Phi) is 51.1. The molecule has 0 saturated heterocycles. The third-order valence-corrected chi connectivity index (χ3v) is 12.8. The fraction of sp³-hybridized carbons (Fsp3) is 0.879. The zero-order valence-electron chi connectivity index (χ0n) is 42.7. The average Bonchev–Trinajstić information content (AvgIpc) is 3.28. The van der Waals surface area contributed by atoms with E-state index in [1.54, 1.807) is 0 Å². The Hall–Kier alpha value is -1.91. The molecule has 0 heterocycles. The summed E-state index contributed by atoms with van der Waals surface area (Å²) in [6.07, 6.45) is 62.4. The average molecular weight is 885 g/mol. The lowest BCUT2D eigenvalue weighted by molar-refractivity contribution is -0.150. The molecule has 0 aromatic carbocycles. The van der Waals surface area contributed by atoms with Crippen LogP contribution in [0.4, 0.5) is 0 Å². The van der Waals surface area contributed by atoms with E-state index >= 15 is 0 Å². The SMILES string of the molecule is CCCCCCCC/C=C\CCCCCCCC(=O)CC(COC(=O)CCCCCCC/C=C\CCCCCCCC)COC(=O)CCCCCCCCCCCCCCCCC. The highest BCUT2D eigenvalue weighted by atomic mass is 16.5. The largest absolute Gasteiger partial charge is 0.465 e. The molecular weight excluding hydrogens is 777 g/mol. The minimum absolute atomic E-state index is 0.147. The highest BCUT2D eigenvalue weighted by Crippen LogP contribution is 2.17. The van der Waals surface area contributed by atoms with Gasteiger partial charge >= 0.3 is 11.9 Å². The summed E-state index contributed by atoms with van der Waals surface area (Å²) in [5, 5.41) is 0. The Labute approximate surface area is 393 Å². The lowest BCUT2D eigenvalue weighted by Crippen LogP contribution is -2.23. The Morgan fingerprint density at radius 2 is 0.556 bits per heavy atom. The van der Waals surface area contributed by atoms with E-state index in [-0.39, 0.29) is 36.9 Å². The summed E-state index contributed by atoms with van der Waals surface area (Å²) in [6, 6.07) is 0. The predicted octanol–water partition coefficient (Wildman–Crippen LogP) is 19.0. The first-order valence-corrected chi connectivity index (χ1v) is 28.2. The summed E-state index contributed by atoms with van der Waals surface area (Å²) in [4.78, 5) is 38.4. The Morgan fingerprint density at radius 1 is 0.317 bits per heavy atom. The van der Waals surface area contributed by atoms with Gasteiger partial charge in [-0.25, -0.2) is 0 Å². The van der Waals surface area contributed by atoms with E-state index in [1.807, 2.05) is 0 Å². The van der Waals surface area contributed by atoms with Crippen LogP contribution in [0.3, 0.4) is 0 Å². The number of hydrogen-bond donors (Lipinski definition) is 0. The van der Waals surface area contributed by atoms with Gasteiger partial charge in [0, 0.05) is 31.6 Å². The number of hydrogen-bond acceptors (Lipinski definition) is 5. The molecule has 1 unspecified atom stereocenters. The smallest absolute Gasteiger partial charge is 0.305 e. The van der Waals surface area contributed by atoms with E-state index in [0.29, 0.717) is 25.7 Å². The van der Waals surface area contributed by atoms with Crippen LogP contribution < -0.4 is 0 Å². The Morgan fingerprint density at radius 3 is 0.841 bits per heavy atom. The number of carbonyl (C=O) groups excluding carboxylic acids is 3. The van der Waals surface area contributed by atoms with E-state index < -0.39 is 0 Å². The molecule has 0 N–H and O–H groups in total. The molecule has 0 bridgehead atoms. The Balaban J connectivity index is 4.36. The van der Waals surface area contributed by atoms with Crippen LogP contribution in [0.2, 0.25) is 0 Å². The van der Waals surface area contributed by atoms with Crippen molar-refractivity contribution in [3.8, 4) is 0 Å². The van der Waals surface area contributed by atoms with Gasteiger partial charge in [0.05, 0.1) is 13.2 Å². The first-order chi connectivity index (χ1) is 31.0. The second kappa shape index (κ2) is 52.7. The van der Waals surface area contributed by atoms with Crippen molar-refractivity contribution in [2.75, 3.05) is 13.2 Å². The standard InChI is InChI=1S/C58H108O5/c1-4-7-10-13-16-19-22-25-28-31-34-37-40-43-46-49-56(59)52-55(53-62-57(60)50-47-44-41-38-35-32-29-26-23-20-17-14-11-8-5-2)54-63-58(61)51-48-45-42-39-36-33-30-27-24-21-18-15-12-9-6-3/h25-26,28-29,55H,4-24,27,30-54H2,1-3H3/b28-25-,29-26-. The van der Waals surface area contributed by atoms with Crippen LogP contribution in [0.25, 0.3) is 0 Å². The monoisotopic (exact) mass is 885 g/mol. The quantitative estimate of drug-likeness (QED) is 0.0346. The number of allylic oxidation sites excluding steroid dienone is 4. The van der Waals surface area contributed by atoms with Gasteiger partial charge in [0.1, 0.15) is 5.78 Å². The maximum Gasteiger partial charge on any atom is 0.305 e. The topological polar surface area (TPSA) is 69.7 Å². The summed E-state index contributed by atoms with van der Waals surface area (Å²) in [5.74, 6) is -0.487. The predicted molar refractivity (Wildman–Crippen MR) is 273 cm³/mol. The van der Waals surface area contributed by atoms with Crippen LogP contribution in [-0.4, -0.2) is 30.9 Å². The maximum absolute atomic E-state index is 13.0. The van der Waals surface area contributed by atoms with Crippen LogP contribution >= 0.6 is 0 Å². The van der Waals surface area contributed by atoms with Crippen molar-refractivity contribution < 1.29 is 23.9 Å². The van der Waals surface area contributed by atoms with Crippen molar-refractivity contribution in [2.45, 2.75) is 310 Å². The molecule has 5 nitrogen and oxygen atoms in total. The van der Waals surface area contributed by atoms with Gasteiger partial charge in [0.2, 0.25) is 0 Å². The number of rotatable bonds is 52. The highest BCUT2D eigenvalue weighted by Gasteiger charge is 2.19. The van der Waals surface area contributed by atoms with E-state index in [0.717, 1.165) is 64.2 Å². The molecule has 0 aliphatic rings. The molecule has 0 radical (unpaired) electrons. The van der Waals surface area contributed by atoms with Gasteiger partial charge in [-0.05, 0) is 70.6 Å². The summed E-state index contributed by atoms with van der Waals surface area (Å²) in [7, 11) is 0. The molecule has 0 fully saturated rings. The van der Waals surface area contributed by atoms with Gasteiger partial charge in [-0.3, -0.25) is 14.4 Å². The molecule has 63 heavy (non-hydrogen) atoms. The zero-order valence-corrected chi connectivity index (χ0v) is 42.7. The Bertz CT molecular complexity index is 1020. The fourth-order valence-electron chi connectivity index (χ4n) is 8.53. The number of ether oxygens (including phenoxy) is 2. The van der Waals surface area contributed by atoms with E-state index in [2.05, 4.69) is 45.1 Å². The molecule has 0 saturated carbocycles. The first-order valence-electron chi connectivity index (χ1n) is 28.2. The number of esters is 2. The molecule has 0 spiro atoms. The molecule has 5 heteroatoms. The molecule has 0 amide bonds. The summed E-state index contributed by atoms with van der Waals surface area (Å²) < 4.78 is 11.4. The lowest BCUT2D eigenvalue weighted by atomic mass is 10.00. The zero-order chi connectivity index (χ0) is 45.8. The van der Waals surface area contributed by atoms with Crippen molar-refractivity contribution in [3.63, 3.8) is 0 Å². The van der Waals surface area contributed by atoms with E-state index in [4.69, 9.17) is 9.47 Å². The van der Waals surface area contributed by atoms with Crippen LogP contribution in [-0.2, 0) is 23.9 Å². The highest BCUT2D eigenvalue weighted by molar-refractivity contribution is 5.78.